The van der Waals surface area contributed by atoms with Crippen molar-refractivity contribution < 1.29 is 9.84 Å². The summed E-state index contributed by atoms with van der Waals surface area (Å²) in [6, 6.07) is 1.77. The Labute approximate surface area is 76.6 Å². The Morgan fingerprint density at radius 2 is 2.15 bits per heavy atom. The van der Waals surface area contributed by atoms with Crippen molar-refractivity contribution in [3.05, 3.63) is 24.3 Å². The van der Waals surface area contributed by atoms with Crippen molar-refractivity contribution in [2.45, 2.75) is 25.0 Å². The average molecular weight is 180 g/mol. The van der Waals surface area contributed by atoms with Gasteiger partial charge in [-0.2, -0.15) is 0 Å². The number of ether oxygens (including phenoxy) is 1. The standard InChI is InChI=1S/C9H12N2O2/c12-7-2-5-13-8(6-7)9-10-3-1-4-11-9/h1,3-4,7-8,12H,2,5-6H2. The lowest BCUT2D eigenvalue weighted by Crippen LogP contribution is -2.24. The molecule has 0 bridgehead atoms. The molecule has 1 saturated heterocycles. The van der Waals surface area contributed by atoms with Crippen molar-refractivity contribution in [3.63, 3.8) is 0 Å². The largest absolute Gasteiger partial charge is 0.393 e. The molecule has 2 atom stereocenters. The second kappa shape index (κ2) is 3.81. The first-order valence-corrected chi connectivity index (χ1v) is 4.43. The van der Waals surface area contributed by atoms with Crippen LogP contribution in [0, 0.1) is 0 Å². The first kappa shape index (κ1) is 8.59. The molecule has 1 N–H and O–H groups in total. The number of nitrogens with zero attached hydrogens (tertiary/aromatic N) is 2. The molecule has 70 valence electrons. The summed E-state index contributed by atoms with van der Waals surface area (Å²) in [5.41, 5.74) is 0. The molecule has 4 nitrogen and oxygen atoms in total. The Bertz CT molecular complexity index is 266. The zero-order valence-corrected chi connectivity index (χ0v) is 7.26. The lowest BCUT2D eigenvalue weighted by atomic mass is 10.1. The van der Waals surface area contributed by atoms with Crippen molar-refractivity contribution in [1.82, 2.24) is 9.97 Å². The highest BCUT2D eigenvalue weighted by Gasteiger charge is 2.23. The van der Waals surface area contributed by atoms with Crippen LogP contribution < -0.4 is 0 Å². The van der Waals surface area contributed by atoms with Crippen molar-refractivity contribution in [3.8, 4) is 0 Å². The van der Waals surface area contributed by atoms with E-state index >= 15 is 0 Å². The van der Waals surface area contributed by atoms with Crippen molar-refractivity contribution in [2.75, 3.05) is 6.61 Å². The third-order valence-corrected chi connectivity index (χ3v) is 2.13. The van der Waals surface area contributed by atoms with Gasteiger partial charge in [-0.1, -0.05) is 0 Å². The highest BCUT2D eigenvalue weighted by Crippen LogP contribution is 2.24. The molecule has 0 amide bonds. The summed E-state index contributed by atoms with van der Waals surface area (Å²) in [4.78, 5) is 8.18. The number of hydrogen-bond donors (Lipinski definition) is 1. The molecule has 4 heteroatoms. The maximum absolute atomic E-state index is 9.41. The summed E-state index contributed by atoms with van der Waals surface area (Å²) in [7, 11) is 0. The summed E-state index contributed by atoms with van der Waals surface area (Å²) >= 11 is 0. The molecule has 1 aliphatic heterocycles. The van der Waals surface area contributed by atoms with Gasteiger partial charge in [0.1, 0.15) is 6.10 Å². The van der Waals surface area contributed by atoms with E-state index in [0.717, 1.165) is 0 Å². The number of aromatic nitrogens is 2. The second-order valence-corrected chi connectivity index (χ2v) is 3.14. The fraction of sp³-hybridized carbons (Fsp3) is 0.556. The summed E-state index contributed by atoms with van der Waals surface area (Å²) in [6.45, 7) is 0.587. The van der Waals surface area contributed by atoms with Gasteiger partial charge in [0.25, 0.3) is 0 Å². The molecule has 1 fully saturated rings. The van der Waals surface area contributed by atoms with Gasteiger partial charge in [-0.15, -0.1) is 0 Å². The normalized spacial score (nSPS) is 28.7. The molecular formula is C9H12N2O2. The van der Waals surface area contributed by atoms with Crippen molar-refractivity contribution in [2.24, 2.45) is 0 Å². The quantitative estimate of drug-likeness (QED) is 0.690. The number of aliphatic hydroxyl groups is 1. The summed E-state index contributed by atoms with van der Waals surface area (Å²) in [6.07, 6.45) is 4.28. The summed E-state index contributed by atoms with van der Waals surface area (Å²) < 4.78 is 5.45. The summed E-state index contributed by atoms with van der Waals surface area (Å²) in [5, 5.41) is 9.41. The van der Waals surface area contributed by atoms with Crippen molar-refractivity contribution >= 4 is 0 Å². The summed E-state index contributed by atoms with van der Waals surface area (Å²) in [5.74, 6) is 0.668. The van der Waals surface area contributed by atoms with Crippen molar-refractivity contribution in [1.29, 1.82) is 0 Å². The molecule has 2 unspecified atom stereocenters. The molecule has 0 aliphatic carbocycles. The molecule has 0 spiro atoms. The molecule has 13 heavy (non-hydrogen) atoms. The van der Waals surface area contributed by atoms with Crippen LogP contribution in [0.1, 0.15) is 24.8 Å². The SMILES string of the molecule is OC1CCOC(c2ncccn2)C1. The Morgan fingerprint density at radius 1 is 1.38 bits per heavy atom. The molecule has 1 aliphatic rings. The monoisotopic (exact) mass is 180 g/mol. The number of rotatable bonds is 1. The van der Waals surface area contributed by atoms with Crippen LogP contribution >= 0.6 is 0 Å². The van der Waals surface area contributed by atoms with Gasteiger partial charge in [0, 0.05) is 18.8 Å². The number of hydrogen-bond acceptors (Lipinski definition) is 4. The topological polar surface area (TPSA) is 55.2 Å². The maximum Gasteiger partial charge on any atom is 0.157 e. The molecule has 0 radical (unpaired) electrons. The van der Waals surface area contributed by atoms with Gasteiger partial charge in [-0.05, 0) is 12.5 Å². The van der Waals surface area contributed by atoms with E-state index in [1.165, 1.54) is 0 Å². The van der Waals surface area contributed by atoms with Gasteiger partial charge in [0.2, 0.25) is 0 Å². The lowest BCUT2D eigenvalue weighted by Gasteiger charge is -2.24. The van der Waals surface area contributed by atoms with E-state index in [9.17, 15) is 5.11 Å². The minimum Gasteiger partial charge on any atom is -0.393 e. The fourth-order valence-electron chi connectivity index (χ4n) is 1.44. The van der Waals surface area contributed by atoms with E-state index in [-0.39, 0.29) is 12.2 Å². The van der Waals surface area contributed by atoms with Crippen LogP contribution in [0.5, 0.6) is 0 Å². The van der Waals surface area contributed by atoms with E-state index in [1.807, 2.05) is 0 Å². The second-order valence-electron chi connectivity index (χ2n) is 3.14. The molecule has 2 rings (SSSR count). The molecule has 1 aromatic rings. The van der Waals surface area contributed by atoms with Gasteiger partial charge in [0.05, 0.1) is 12.7 Å². The minimum atomic E-state index is -0.275. The highest BCUT2D eigenvalue weighted by molar-refractivity contribution is 4.94. The van der Waals surface area contributed by atoms with Crippen LogP contribution in [-0.4, -0.2) is 27.8 Å². The van der Waals surface area contributed by atoms with E-state index in [0.29, 0.717) is 25.3 Å². The van der Waals surface area contributed by atoms with Crippen LogP contribution in [0.15, 0.2) is 18.5 Å². The van der Waals surface area contributed by atoms with E-state index in [2.05, 4.69) is 9.97 Å². The highest BCUT2D eigenvalue weighted by atomic mass is 16.5. The lowest BCUT2D eigenvalue weighted by molar-refractivity contribution is -0.0486. The molecule has 1 aromatic heterocycles. The van der Waals surface area contributed by atoms with Crippen LogP contribution in [0.3, 0.4) is 0 Å². The zero-order chi connectivity index (χ0) is 9.10. The van der Waals surface area contributed by atoms with Crippen LogP contribution in [0.4, 0.5) is 0 Å². The molecular weight excluding hydrogens is 168 g/mol. The van der Waals surface area contributed by atoms with Crippen LogP contribution in [0.2, 0.25) is 0 Å². The van der Waals surface area contributed by atoms with Gasteiger partial charge in [0.15, 0.2) is 5.82 Å². The van der Waals surface area contributed by atoms with E-state index in [1.54, 1.807) is 18.5 Å². The minimum absolute atomic E-state index is 0.134. The van der Waals surface area contributed by atoms with Gasteiger partial charge in [-0.25, -0.2) is 9.97 Å². The Balaban J connectivity index is 2.08. The number of aliphatic hydroxyl groups excluding tert-OH is 1. The Kier molecular flexibility index (Phi) is 2.52. The predicted octanol–water partition coefficient (Wildman–Crippen LogP) is 0.689. The third-order valence-electron chi connectivity index (χ3n) is 2.13. The predicted molar refractivity (Wildman–Crippen MR) is 46.0 cm³/mol. The maximum atomic E-state index is 9.41. The van der Waals surface area contributed by atoms with Gasteiger partial charge >= 0.3 is 0 Å². The molecule has 0 aromatic carbocycles. The van der Waals surface area contributed by atoms with E-state index < -0.39 is 0 Å². The van der Waals surface area contributed by atoms with Crippen LogP contribution in [0.25, 0.3) is 0 Å². The smallest absolute Gasteiger partial charge is 0.157 e. The van der Waals surface area contributed by atoms with E-state index in [4.69, 9.17) is 4.74 Å². The first-order chi connectivity index (χ1) is 6.36. The zero-order valence-electron chi connectivity index (χ0n) is 7.26. The molecule has 0 saturated carbocycles. The van der Waals surface area contributed by atoms with Gasteiger partial charge in [-0.3, -0.25) is 0 Å². The van der Waals surface area contributed by atoms with Crippen LogP contribution in [-0.2, 0) is 4.74 Å². The first-order valence-electron chi connectivity index (χ1n) is 4.43. The third kappa shape index (κ3) is 2.02. The van der Waals surface area contributed by atoms with Gasteiger partial charge < -0.3 is 9.84 Å². The fourth-order valence-corrected chi connectivity index (χ4v) is 1.44. The average Bonchev–Trinajstić information content (AvgIpc) is 2.19. The molecule has 2 heterocycles. The Morgan fingerprint density at radius 3 is 2.85 bits per heavy atom. The Hall–Kier alpha value is -1.00.